The van der Waals surface area contributed by atoms with Gasteiger partial charge in [0, 0.05) is 12.5 Å². The number of hydrogen-bond acceptors (Lipinski definition) is 3. The molecule has 0 radical (unpaired) electrons. The van der Waals surface area contributed by atoms with Gasteiger partial charge in [-0.05, 0) is 38.5 Å². The third kappa shape index (κ3) is 4.26. The van der Waals surface area contributed by atoms with Gasteiger partial charge in [0.2, 0.25) is 0 Å². The summed E-state index contributed by atoms with van der Waals surface area (Å²) in [6.07, 6.45) is 1.22. The highest BCUT2D eigenvalue weighted by atomic mass is 16.5. The molecule has 3 heteroatoms. The van der Waals surface area contributed by atoms with Gasteiger partial charge in [0.1, 0.15) is 11.4 Å². The molecule has 1 atom stereocenters. The SMILES string of the molecule is C=CC(C)(C)Oc1ccccc1C(OC(C)=O)C(=C)C. The number of esters is 1. The summed E-state index contributed by atoms with van der Waals surface area (Å²) < 4.78 is 11.3. The van der Waals surface area contributed by atoms with Gasteiger partial charge < -0.3 is 9.47 Å². The predicted octanol–water partition coefficient (Wildman–Crippen LogP) is 4.21. The average molecular weight is 274 g/mol. The molecule has 0 aromatic heterocycles. The highest BCUT2D eigenvalue weighted by Crippen LogP contribution is 2.34. The van der Waals surface area contributed by atoms with Crippen LogP contribution in [0.15, 0.2) is 49.1 Å². The minimum absolute atomic E-state index is 0.351. The minimum Gasteiger partial charge on any atom is -0.483 e. The van der Waals surface area contributed by atoms with Gasteiger partial charge in [-0.1, -0.05) is 31.4 Å². The van der Waals surface area contributed by atoms with Crippen LogP contribution in [0.2, 0.25) is 0 Å². The first kappa shape index (κ1) is 16.0. The second-order valence-corrected chi connectivity index (χ2v) is 5.28. The largest absolute Gasteiger partial charge is 0.483 e. The normalized spacial score (nSPS) is 12.4. The third-order valence-corrected chi connectivity index (χ3v) is 2.80. The van der Waals surface area contributed by atoms with Crippen molar-refractivity contribution in [3.8, 4) is 5.75 Å². The van der Waals surface area contributed by atoms with Crippen molar-refractivity contribution in [2.24, 2.45) is 0 Å². The summed E-state index contributed by atoms with van der Waals surface area (Å²) in [5.41, 5.74) is 1.02. The summed E-state index contributed by atoms with van der Waals surface area (Å²) in [7, 11) is 0. The quantitative estimate of drug-likeness (QED) is 0.576. The summed E-state index contributed by atoms with van der Waals surface area (Å²) in [5, 5.41) is 0. The van der Waals surface area contributed by atoms with Crippen LogP contribution in [0.4, 0.5) is 0 Å². The Bertz CT molecular complexity index is 515. The van der Waals surface area contributed by atoms with Gasteiger partial charge in [0.25, 0.3) is 0 Å². The highest BCUT2D eigenvalue weighted by molar-refractivity contribution is 5.67. The Kier molecular flexibility index (Phi) is 5.14. The fourth-order valence-corrected chi connectivity index (χ4v) is 1.71. The number of benzene rings is 1. The van der Waals surface area contributed by atoms with E-state index in [0.717, 1.165) is 11.1 Å². The standard InChI is InChI=1S/C17H22O3/c1-7-17(5,6)20-15-11-9-8-10-14(15)16(12(2)3)19-13(4)18/h7-11,16H,1-2H2,3-6H3. The fourth-order valence-electron chi connectivity index (χ4n) is 1.71. The van der Waals surface area contributed by atoms with Crippen molar-refractivity contribution >= 4 is 5.97 Å². The van der Waals surface area contributed by atoms with Gasteiger partial charge in [0.15, 0.2) is 6.10 Å². The minimum atomic E-state index is -0.510. The first-order valence-corrected chi connectivity index (χ1v) is 6.51. The molecule has 20 heavy (non-hydrogen) atoms. The molecular weight excluding hydrogens is 252 g/mol. The van der Waals surface area contributed by atoms with E-state index in [2.05, 4.69) is 13.2 Å². The molecule has 1 aromatic carbocycles. The first-order chi connectivity index (χ1) is 9.26. The van der Waals surface area contributed by atoms with E-state index in [1.807, 2.05) is 45.0 Å². The maximum atomic E-state index is 11.3. The number of para-hydroxylation sites is 1. The van der Waals surface area contributed by atoms with Gasteiger partial charge in [-0.15, -0.1) is 0 Å². The monoisotopic (exact) mass is 274 g/mol. The predicted molar refractivity (Wildman–Crippen MR) is 80.7 cm³/mol. The van der Waals surface area contributed by atoms with Crippen LogP contribution in [0.1, 0.15) is 39.4 Å². The van der Waals surface area contributed by atoms with Crippen LogP contribution in [0.3, 0.4) is 0 Å². The van der Waals surface area contributed by atoms with E-state index in [9.17, 15) is 4.79 Å². The molecule has 0 saturated carbocycles. The second-order valence-electron chi connectivity index (χ2n) is 5.28. The Balaban J connectivity index is 3.19. The molecule has 1 unspecified atom stereocenters. The van der Waals surface area contributed by atoms with E-state index in [1.54, 1.807) is 6.08 Å². The van der Waals surface area contributed by atoms with Crippen LogP contribution in [0.25, 0.3) is 0 Å². The van der Waals surface area contributed by atoms with Crippen molar-refractivity contribution in [2.45, 2.75) is 39.4 Å². The van der Waals surface area contributed by atoms with Crippen LogP contribution < -0.4 is 4.74 Å². The molecule has 0 aliphatic carbocycles. The zero-order valence-electron chi connectivity index (χ0n) is 12.6. The molecule has 0 spiro atoms. The van der Waals surface area contributed by atoms with Crippen molar-refractivity contribution in [2.75, 3.05) is 0 Å². The molecule has 3 nitrogen and oxygen atoms in total. The van der Waals surface area contributed by atoms with E-state index < -0.39 is 11.7 Å². The van der Waals surface area contributed by atoms with Gasteiger partial charge in [-0.25, -0.2) is 0 Å². The third-order valence-electron chi connectivity index (χ3n) is 2.80. The van der Waals surface area contributed by atoms with Crippen molar-refractivity contribution in [1.82, 2.24) is 0 Å². The average Bonchev–Trinajstić information content (AvgIpc) is 2.36. The van der Waals surface area contributed by atoms with Gasteiger partial charge >= 0.3 is 5.97 Å². The Hall–Kier alpha value is -2.03. The molecule has 0 saturated heterocycles. The van der Waals surface area contributed by atoms with E-state index in [1.165, 1.54) is 6.92 Å². The lowest BCUT2D eigenvalue weighted by molar-refractivity contribution is -0.145. The smallest absolute Gasteiger partial charge is 0.303 e. The lowest BCUT2D eigenvalue weighted by atomic mass is 10.0. The first-order valence-electron chi connectivity index (χ1n) is 6.51. The molecule has 1 rings (SSSR count). The molecule has 0 aliphatic rings. The molecule has 1 aromatic rings. The summed E-state index contributed by atoms with van der Waals surface area (Å²) in [4.78, 5) is 11.3. The summed E-state index contributed by atoms with van der Waals surface area (Å²) in [6, 6.07) is 7.47. The number of rotatable bonds is 6. The highest BCUT2D eigenvalue weighted by Gasteiger charge is 2.23. The summed E-state index contributed by atoms with van der Waals surface area (Å²) >= 11 is 0. The lowest BCUT2D eigenvalue weighted by Crippen LogP contribution is -2.25. The number of hydrogen-bond donors (Lipinski definition) is 0. The zero-order chi connectivity index (χ0) is 15.3. The maximum absolute atomic E-state index is 11.3. The maximum Gasteiger partial charge on any atom is 0.303 e. The summed E-state index contributed by atoms with van der Waals surface area (Å²) in [6.45, 7) is 14.7. The second kappa shape index (κ2) is 6.42. The van der Waals surface area contributed by atoms with E-state index >= 15 is 0 Å². The zero-order valence-corrected chi connectivity index (χ0v) is 12.6. The number of carbonyl (C=O) groups is 1. The fraction of sp³-hybridized carbons (Fsp3) is 0.353. The molecule has 108 valence electrons. The molecule has 0 bridgehead atoms. The molecule has 0 N–H and O–H groups in total. The molecule has 0 fully saturated rings. The van der Waals surface area contributed by atoms with Gasteiger partial charge in [0.05, 0.1) is 0 Å². The van der Waals surface area contributed by atoms with Gasteiger partial charge in [-0.2, -0.15) is 0 Å². The topological polar surface area (TPSA) is 35.5 Å². The van der Waals surface area contributed by atoms with Crippen LogP contribution >= 0.6 is 0 Å². The Morgan fingerprint density at radius 3 is 2.40 bits per heavy atom. The van der Waals surface area contributed by atoms with Crippen molar-refractivity contribution in [3.05, 3.63) is 54.6 Å². The van der Waals surface area contributed by atoms with Gasteiger partial charge in [-0.3, -0.25) is 4.79 Å². The van der Waals surface area contributed by atoms with Crippen LogP contribution in [-0.2, 0) is 9.53 Å². The van der Waals surface area contributed by atoms with E-state index in [-0.39, 0.29) is 5.97 Å². The Morgan fingerprint density at radius 1 is 1.30 bits per heavy atom. The Labute approximate surface area is 120 Å². The van der Waals surface area contributed by atoms with Crippen molar-refractivity contribution < 1.29 is 14.3 Å². The molecule has 0 aliphatic heterocycles. The van der Waals surface area contributed by atoms with Crippen LogP contribution in [0.5, 0.6) is 5.75 Å². The van der Waals surface area contributed by atoms with Crippen molar-refractivity contribution in [3.63, 3.8) is 0 Å². The van der Waals surface area contributed by atoms with Crippen LogP contribution in [-0.4, -0.2) is 11.6 Å². The lowest BCUT2D eigenvalue weighted by Gasteiger charge is -2.26. The van der Waals surface area contributed by atoms with Crippen LogP contribution in [0, 0.1) is 0 Å². The van der Waals surface area contributed by atoms with E-state index in [4.69, 9.17) is 9.47 Å². The number of carbonyl (C=O) groups excluding carboxylic acids is 1. The molecule has 0 amide bonds. The summed E-state index contributed by atoms with van der Waals surface area (Å²) in [5.74, 6) is 0.308. The molecular formula is C17H22O3. The Morgan fingerprint density at radius 2 is 1.90 bits per heavy atom. The molecule has 0 heterocycles. The number of ether oxygens (including phenoxy) is 2. The van der Waals surface area contributed by atoms with E-state index in [0.29, 0.717) is 5.75 Å². The van der Waals surface area contributed by atoms with Crippen molar-refractivity contribution in [1.29, 1.82) is 0 Å².